The van der Waals surface area contributed by atoms with Gasteiger partial charge in [-0.2, -0.15) is 0 Å². The van der Waals surface area contributed by atoms with Crippen molar-refractivity contribution >= 4 is 17.4 Å². The van der Waals surface area contributed by atoms with Crippen LogP contribution in [0.5, 0.6) is 0 Å². The number of hydrogen-bond acceptors (Lipinski definition) is 2. The molecule has 1 saturated heterocycles. The van der Waals surface area contributed by atoms with E-state index in [1.807, 2.05) is 12.1 Å². The summed E-state index contributed by atoms with van der Waals surface area (Å²) >= 11 is 5.89. The highest BCUT2D eigenvalue weighted by atomic mass is 35.5. The van der Waals surface area contributed by atoms with E-state index in [-0.39, 0.29) is 5.78 Å². The summed E-state index contributed by atoms with van der Waals surface area (Å²) in [7, 11) is 0. The summed E-state index contributed by atoms with van der Waals surface area (Å²) in [5.41, 5.74) is 0.724. The van der Waals surface area contributed by atoms with Gasteiger partial charge in [0.1, 0.15) is 0 Å². The second kappa shape index (κ2) is 6.18. The summed E-state index contributed by atoms with van der Waals surface area (Å²) in [6.45, 7) is 2.62. The minimum atomic E-state index is 0.175. The number of halogens is 1. The first-order valence-electron chi connectivity index (χ1n) is 6.27. The molecule has 0 aliphatic carbocycles. The average molecular weight is 252 g/mol. The number of benzene rings is 1. The van der Waals surface area contributed by atoms with Crippen LogP contribution < -0.4 is 0 Å². The zero-order valence-corrected chi connectivity index (χ0v) is 10.7. The van der Waals surface area contributed by atoms with Gasteiger partial charge < -0.3 is 0 Å². The van der Waals surface area contributed by atoms with Gasteiger partial charge in [-0.1, -0.05) is 36.6 Å². The molecule has 0 amide bonds. The first-order chi connectivity index (χ1) is 8.25. The second-order valence-electron chi connectivity index (χ2n) is 4.62. The van der Waals surface area contributed by atoms with Gasteiger partial charge in [-0.3, -0.25) is 9.69 Å². The standard InChI is InChI=1S/C14H18ClNO/c15-13-7-5-6-12(10-13)14(17)11-16-8-3-1-2-4-9-16/h5-7,10H,1-4,8-9,11H2. The lowest BCUT2D eigenvalue weighted by molar-refractivity contribution is 0.0933. The van der Waals surface area contributed by atoms with Crippen molar-refractivity contribution in [3.63, 3.8) is 0 Å². The highest BCUT2D eigenvalue weighted by Crippen LogP contribution is 2.13. The molecule has 92 valence electrons. The minimum absolute atomic E-state index is 0.175. The second-order valence-corrected chi connectivity index (χ2v) is 5.06. The van der Waals surface area contributed by atoms with Gasteiger partial charge in [-0.25, -0.2) is 0 Å². The van der Waals surface area contributed by atoms with Gasteiger partial charge in [0.15, 0.2) is 5.78 Å². The van der Waals surface area contributed by atoms with Crippen LogP contribution in [-0.2, 0) is 0 Å². The monoisotopic (exact) mass is 251 g/mol. The SMILES string of the molecule is O=C(CN1CCCCCC1)c1cccc(Cl)c1. The lowest BCUT2D eigenvalue weighted by Gasteiger charge is -2.18. The molecule has 0 N–H and O–H groups in total. The fourth-order valence-corrected chi connectivity index (χ4v) is 2.44. The van der Waals surface area contributed by atoms with Crippen LogP contribution >= 0.6 is 11.6 Å². The van der Waals surface area contributed by atoms with Crippen molar-refractivity contribution in [2.24, 2.45) is 0 Å². The largest absolute Gasteiger partial charge is 0.296 e. The molecule has 0 aromatic heterocycles. The van der Waals surface area contributed by atoms with E-state index >= 15 is 0 Å². The van der Waals surface area contributed by atoms with E-state index in [0.717, 1.165) is 18.7 Å². The zero-order chi connectivity index (χ0) is 12.1. The number of hydrogen-bond donors (Lipinski definition) is 0. The molecule has 0 unspecified atom stereocenters. The highest BCUT2D eigenvalue weighted by molar-refractivity contribution is 6.31. The van der Waals surface area contributed by atoms with Gasteiger partial charge in [-0.05, 0) is 38.1 Å². The number of carbonyl (C=O) groups excluding carboxylic acids is 1. The molecule has 0 bridgehead atoms. The molecular weight excluding hydrogens is 234 g/mol. The van der Waals surface area contributed by atoms with Crippen molar-refractivity contribution in [1.29, 1.82) is 0 Å². The fraction of sp³-hybridized carbons (Fsp3) is 0.500. The Hall–Kier alpha value is -0.860. The van der Waals surface area contributed by atoms with Crippen LogP contribution in [-0.4, -0.2) is 30.3 Å². The number of carbonyl (C=O) groups is 1. The Labute approximate surface area is 108 Å². The van der Waals surface area contributed by atoms with Crippen LogP contribution in [0, 0.1) is 0 Å². The highest BCUT2D eigenvalue weighted by Gasteiger charge is 2.14. The number of nitrogens with zero attached hydrogens (tertiary/aromatic N) is 1. The first-order valence-corrected chi connectivity index (χ1v) is 6.64. The molecule has 2 rings (SSSR count). The third-order valence-corrected chi connectivity index (χ3v) is 3.45. The Kier molecular flexibility index (Phi) is 4.57. The Bertz CT molecular complexity index is 384. The molecule has 1 aliphatic heterocycles. The first kappa shape index (κ1) is 12.6. The van der Waals surface area contributed by atoms with Crippen LogP contribution in [0.15, 0.2) is 24.3 Å². The third-order valence-electron chi connectivity index (χ3n) is 3.21. The van der Waals surface area contributed by atoms with Gasteiger partial charge >= 0.3 is 0 Å². The number of rotatable bonds is 3. The number of Topliss-reactive ketones (excluding diaryl/α,β-unsaturated/α-hetero) is 1. The lowest BCUT2D eigenvalue weighted by atomic mass is 10.1. The quantitative estimate of drug-likeness (QED) is 0.768. The van der Waals surface area contributed by atoms with Crippen molar-refractivity contribution < 1.29 is 4.79 Å². The van der Waals surface area contributed by atoms with Crippen LogP contribution in [0.4, 0.5) is 0 Å². The van der Waals surface area contributed by atoms with Gasteiger partial charge in [-0.15, -0.1) is 0 Å². The molecule has 0 radical (unpaired) electrons. The van der Waals surface area contributed by atoms with Crippen LogP contribution in [0.2, 0.25) is 5.02 Å². The fourth-order valence-electron chi connectivity index (χ4n) is 2.25. The summed E-state index contributed by atoms with van der Waals surface area (Å²) in [6.07, 6.45) is 5.01. The summed E-state index contributed by atoms with van der Waals surface area (Å²) in [4.78, 5) is 14.3. The molecule has 0 spiro atoms. The molecule has 1 aliphatic rings. The van der Waals surface area contributed by atoms with Gasteiger partial charge in [0.2, 0.25) is 0 Å². The van der Waals surface area contributed by atoms with Crippen molar-refractivity contribution in [2.45, 2.75) is 25.7 Å². The molecule has 3 heteroatoms. The van der Waals surface area contributed by atoms with Crippen LogP contribution in [0.1, 0.15) is 36.0 Å². The molecule has 1 heterocycles. The van der Waals surface area contributed by atoms with Crippen molar-refractivity contribution in [1.82, 2.24) is 4.90 Å². The molecule has 17 heavy (non-hydrogen) atoms. The van der Waals surface area contributed by atoms with E-state index < -0.39 is 0 Å². The van der Waals surface area contributed by atoms with Crippen molar-refractivity contribution in [3.8, 4) is 0 Å². The van der Waals surface area contributed by atoms with E-state index in [1.54, 1.807) is 12.1 Å². The molecule has 0 saturated carbocycles. The molecule has 2 nitrogen and oxygen atoms in total. The Morgan fingerprint density at radius 3 is 2.53 bits per heavy atom. The molecular formula is C14H18ClNO. The maximum Gasteiger partial charge on any atom is 0.176 e. The summed E-state index contributed by atoms with van der Waals surface area (Å²) in [5, 5.41) is 0.631. The van der Waals surface area contributed by atoms with Crippen LogP contribution in [0.3, 0.4) is 0 Å². The Morgan fingerprint density at radius 1 is 1.18 bits per heavy atom. The minimum Gasteiger partial charge on any atom is -0.296 e. The van der Waals surface area contributed by atoms with Gasteiger partial charge in [0, 0.05) is 10.6 Å². The lowest BCUT2D eigenvalue weighted by Crippen LogP contribution is -2.30. The molecule has 1 aromatic rings. The normalized spacial score (nSPS) is 17.7. The van der Waals surface area contributed by atoms with Crippen molar-refractivity contribution in [3.05, 3.63) is 34.9 Å². The molecule has 1 fully saturated rings. The smallest absolute Gasteiger partial charge is 0.176 e. The van der Waals surface area contributed by atoms with E-state index in [4.69, 9.17) is 11.6 Å². The van der Waals surface area contributed by atoms with E-state index in [0.29, 0.717) is 11.6 Å². The van der Waals surface area contributed by atoms with Crippen molar-refractivity contribution in [2.75, 3.05) is 19.6 Å². The Balaban J connectivity index is 1.96. The summed E-state index contributed by atoms with van der Waals surface area (Å²) in [5.74, 6) is 0.175. The zero-order valence-electron chi connectivity index (χ0n) is 9.99. The predicted molar refractivity (Wildman–Crippen MR) is 70.7 cm³/mol. The predicted octanol–water partition coefficient (Wildman–Crippen LogP) is 3.40. The summed E-state index contributed by atoms with van der Waals surface area (Å²) < 4.78 is 0. The average Bonchev–Trinajstić information content (AvgIpc) is 2.57. The van der Waals surface area contributed by atoms with Crippen LogP contribution in [0.25, 0.3) is 0 Å². The summed E-state index contributed by atoms with van der Waals surface area (Å²) in [6, 6.07) is 7.22. The van der Waals surface area contributed by atoms with E-state index in [9.17, 15) is 4.79 Å². The number of likely N-dealkylation sites (tertiary alicyclic amines) is 1. The van der Waals surface area contributed by atoms with E-state index in [1.165, 1.54) is 25.7 Å². The molecule has 1 aromatic carbocycles. The topological polar surface area (TPSA) is 20.3 Å². The Morgan fingerprint density at radius 2 is 1.88 bits per heavy atom. The maximum absolute atomic E-state index is 12.1. The van der Waals surface area contributed by atoms with E-state index in [2.05, 4.69) is 4.90 Å². The maximum atomic E-state index is 12.1. The van der Waals surface area contributed by atoms with Gasteiger partial charge in [0.25, 0.3) is 0 Å². The van der Waals surface area contributed by atoms with Gasteiger partial charge in [0.05, 0.1) is 6.54 Å². The number of ketones is 1. The molecule has 0 atom stereocenters. The third kappa shape index (κ3) is 3.83.